The molecule has 0 amide bonds. The van der Waals surface area contributed by atoms with Crippen molar-refractivity contribution >= 4 is 23.7 Å². The molecule has 0 aromatic rings. The summed E-state index contributed by atoms with van der Waals surface area (Å²) >= 11 is 1.70. The van der Waals surface area contributed by atoms with Crippen LogP contribution in [0.2, 0.25) is 0 Å². The Labute approximate surface area is 113 Å². The smallest absolute Gasteiger partial charge is 0.323 e. The average Bonchev–Trinajstić information content (AvgIpc) is 2.30. The van der Waals surface area contributed by atoms with Crippen LogP contribution in [0.15, 0.2) is 0 Å². The predicted octanol–water partition coefficient (Wildman–Crippen LogP) is 1.51. The van der Waals surface area contributed by atoms with E-state index in [1.807, 2.05) is 0 Å². The Morgan fingerprint density at radius 3 is 2.17 bits per heavy atom. The average molecular weight is 277 g/mol. The first-order valence-corrected chi connectivity index (χ1v) is 6.68. The van der Waals surface area contributed by atoms with Gasteiger partial charge in [-0.1, -0.05) is 20.8 Å². The number of rotatable bonds is 6. The summed E-state index contributed by atoms with van der Waals surface area (Å²) in [6.07, 6.45) is 0.00434. The van der Waals surface area contributed by atoms with E-state index in [1.54, 1.807) is 23.7 Å². The van der Waals surface area contributed by atoms with E-state index in [1.165, 1.54) is 14.2 Å². The van der Waals surface area contributed by atoms with Crippen LogP contribution in [0.25, 0.3) is 0 Å². The van der Waals surface area contributed by atoms with E-state index in [9.17, 15) is 9.59 Å². The normalized spacial score (nSPS) is 13.3. The molecule has 0 rings (SSSR count). The van der Waals surface area contributed by atoms with Gasteiger partial charge >= 0.3 is 11.9 Å². The molecule has 0 spiro atoms. The molecule has 106 valence electrons. The number of carbonyl (C=O) groups is 2. The number of ether oxygens (including phenoxy) is 2. The summed E-state index contributed by atoms with van der Waals surface area (Å²) in [4.78, 5) is 24.7. The summed E-state index contributed by atoms with van der Waals surface area (Å²) in [6, 6.07) is -0.600. The molecule has 5 nitrogen and oxygen atoms in total. The summed E-state index contributed by atoms with van der Waals surface area (Å²) in [5.74, 6) is -0.198. The molecule has 0 saturated heterocycles. The van der Waals surface area contributed by atoms with Gasteiger partial charge in [0.1, 0.15) is 6.04 Å². The molecular weight excluding hydrogens is 254 g/mol. The largest absolute Gasteiger partial charge is 0.469 e. The summed E-state index contributed by atoms with van der Waals surface area (Å²) in [5.41, 5.74) is 0. The highest BCUT2D eigenvalue weighted by molar-refractivity contribution is 8.00. The van der Waals surface area contributed by atoms with E-state index < -0.39 is 18.0 Å². The van der Waals surface area contributed by atoms with Crippen molar-refractivity contribution in [1.29, 1.82) is 0 Å². The molecule has 0 fully saturated rings. The second-order valence-corrected chi connectivity index (χ2v) is 6.73. The maximum Gasteiger partial charge on any atom is 0.323 e. The molecule has 18 heavy (non-hydrogen) atoms. The van der Waals surface area contributed by atoms with Crippen molar-refractivity contribution in [2.45, 2.75) is 38.0 Å². The Morgan fingerprint density at radius 1 is 1.22 bits per heavy atom. The van der Waals surface area contributed by atoms with E-state index in [2.05, 4.69) is 25.5 Å². The van der Waals surface area contributed by atoms with Gasteiger partial charge < -0.3 is 9.47 Å². The summed E-state index contributed by atoms with van der Waals surface area (Å²) < 4.78 is 9.40. The minimum Gasteiger partial charge on any atom is -0.469 e. The molecule has 1 unspecified atom stereocenters. The number of methoxy groups -OCH3 is 2. The molecule has 0 aliphatic carbocycles. The Balaban J connectivity index is 4.55. The second-order valence-electron chi connectivity index (χ2n) is 4.96. The summed E-state index contributed by atoms with van der Waals surface area (Å²) in [7, 11) is 4.42. The fourth-order valence-corrected chi connectivity index (χ4v) is 1.95. The maximum atomic E-state index is 11.6. The van der Waals surface area contributed by atoms with Crippen molar-refractivity contribution in [3.63, 3.8) is 0 Å². The molecule has 0 aliphatic rings. The van der Waals surface area contributed by atoms with Gasteiger partial charge in [0.05, 0.1) is 20.6 Å². The zero-order chi connectivity index (χ0) is 14.3. The molecule has 0 aromatic carbocycles. The highest BCUT2D eigenvalue weighted by Crippen LogP contribution is 2.24. The van der Waals surface area contributed by atoms with Crippen molar-refractivity contribution in [2.75, 3.05) is 27.1 Å². The van der Waals surface area contributed by atoms with Gasteiger partial charge in [0.15, 0.2) is 0 Å². The molecule has 0 bridgehead atoms. The number of nitrogens with zero attached hydrogens (tertiary/aromatic N) is 1. The number of carbonyl (C=O) groups excluding carboxylic acids is 2. The van der Waals surface area contributed by atoms with Crippen molar-refractivity contribution in [3.8, 4) is 0 Å². The van der Waals surface area contributed by atoms with Crippen LogP contribution in [-0.2, 0) is 19.1 Å². The molecule has 0 aliphatic heterocycles. The SMILES string of the molecule is COC(=O)CC(C(=O)OC)N(C)CSC(C)(C)C. The first-order valence-electron chi connectivity index (χ1n) is 5.70. The van der Waals surface area contributed by atoms with Crippen LogP contribution < -0.4 is 0 Å². The second kappa shape index (κ2) is 7.63. The van der Waals surface area contributed by atoms with Gasteiger partial charge in [-0.25, -0.2) is 0 Å². The van der Waals surface area contributed by atoms with E-state index in [0.29, 0.717) is 5.88 Å². The zero-order valence-electron chi connectivity index (χ0n) is 12.0. The van der Waals surface area contributed by atoms with Crippen LogP contribution >= 0.6 is 11.8 Å². The van der Waals surface area contributed by atoms with Crippen LogP contribution in [0.3, 0.4) is 0 Å². The lowest BCUT2D eigenvalue weighted by atomic mass is 10.2. The zero-order valence-corrected chi connectivity index (χ0v) is 12.8. The van der Waals surface area contributed by atoms with Crippen LogP contribution in [0.4, 0.5) is 0 Å². The fraction of sp³-hybridized carbons (Fsp3) is 0.833. The third-order valence-corrected chi connectivity index (χ3v) is 3.70. The Bertz CT molecular complexity index is 288. The van der Waals surface area contributed by atoms with Crippen LogP contribution in [0, 0.1) is 0 Å². The molecule has 0 radical (unpaired) electrons. The lowest BCUT2D eigenvalue weighted by Gasteiger charge is -2.28. The molecule has 0 saturated carbocycles. The van der Waals surface area contributed by atoms with Crippen LogP contribution in [-0.4, -0.2) is 54.8 Å². The quantitative estimate of drug-likeness (QED) is 0.542. The van der Waals surface area contributed by atoms with Crippen LogP contribution in [0.1, 0.15) is 27.2 Å². The topological polar surface area (TPSA) is 55.8 Å². The molecular formula is C12H23NO4S. The van der Waals surface area contributed by atoms with Gasteiger partial charge in [-0.2, -0.15) is 0 Å². The minimum absolute atomic E-state index is 0.00434. The lowest BCUT2D eigenvalue weighted by Crippen LogP contribution is -2.41. The molecule has 0 aromatic heterocycles. The van der Waals surface area contributed by atoms with Gasteiger partial charge in [-0.3, -0.25) is 14.5 Å². The van der Waals surface area contributed by atoms with Gasteiger partial charge in [0.25, 0.3) is 0 Å². The van der Waals surface area contributed by atoms with E-state index in [4.69, 9.17) is 4.74 Å². The Kier molecular flexibility index (Phi) is 7.32. The van der Waals surface area contributed by atoms with Crippen molar-refractivity contribution in [1.82, 2.24) is 4.90 Å². The molecule has 0 N–H and O–H groups in total. The van der Waals surface area contributed by atoms with Crippen molar-refractivity contribution in [2.24, 2.45) is 0 Å². The summed E-state index contributed by atoms with van der Waals surface area (Å²) in [5, 5.41) is 0. The third kappa shape index (κ3) is 6.86. The minimum atomic E-state index is -0.600. The van der Waals surface area contributed by atoms with Gasteiger partial charge in [0, 0.05) is 10.6 Å². The lowest BCUT2D eigenvalue weighted by molar-refractivity contribution is -0.152. The molecule has 1 atom stereocenters. The summed E-state index contributed by atoms with van der Waals surface area (Å²) in [6.45, 7) is 6.29. The fourth-order valence-electron chi connectivity index (χ4n) is 1.18. The number of esters is 2. The number of hydrogen-bond donors (Lipinski definition) is 0. The monoisotopic (exact) mass is 277 g/mol. The Hall–Kier alpha value is -0.750. The van der Waals surface area contributed by atoms with Crippen LogP contribution in [0.5, 0.6) is 0 Å². The molecule has 0 heterocycles. The standard InChI is InChI=1S/C12H23NO4S/c1-12(2,3)18-8-13(4)9(11(15)17-6)7-10(14)16-5/h9H,7-8H2,1-6H3. The third-order valence-electron chi connectivity index (χ3n) is 2.29. The van der Waals surface area contributed by atoms with Gasteiger partial charge in [-0.05, 0) is 7.05 Å². The van der Waals surface area contributed by atoms with E-state index in [0.717, 1.165) is 0 Å². The van der Waals surface area contributed by atoms with E-state index >= 15 is 0 Å². The first-order chi connectivity index (χ1) is 8.21. The number of hydrogen-bond acceptors (Lipinski definition) is 6. The Morgan fingerprint density at radius 2 is 1.78 bits per heavy atom. The number of likely N-dealkylation sites (N-methyl/N-ethyl adjacent to an activating group) is 1. The van der Waals surface area contributed by atoms with Crippen molar-refractivity contribution < 1.29 is 19.1 Å². The maximum absolute atomic E-state index is 11.6. The first kappa shape index (κ1) is 17.2. The van der Waals surface area contributed by atoms with Crippen molar-refractivity contribution in [3.05, 3.63) is 0 Å². The highest BCUT2D eigenvalue weighted by atomic mass is 32.2. The molecule has 6 heteroatoms. The highest BCUT2D eigenvalue weighted by Gasteiger charge is 2.28. The van der Waals surface area contributed by atoms with Gasteiger partial charge in [-0.15, -0.1) is 11.8 Å². The van der Waals surface area contributed by atoms with E-state index in [-0.39, 0.29) is 11.2 Å². The predicted molar refractivity (Wildman–Crippen MR) is 72.4 cm³/mol. The number of thioether (sulfide) groups is 1. The van der Waals surface area contributed by atoms with Gasteiger partial charge in [0.2, 0.25) is 0 Å².